The maximum atomic E-state index is 11.6. The van der Waals surface area contributed by atoms with Gasteiger partial charge in [0.15, 0.2) is 0 Å². The van der Waals surface area contributed by atoms with E-state index >= 15 is 0 Å². The Balaban J connectivity index is 2.48. The number of hydrogen-bond donors (Lipinski definition) is 0. The lowest BCUT2D eigenvalue weighted by Crippen LogP contribution is -2.06. The van der Waals surface area contributed by atoms with Crippen molar-refractivity contribution >= 4 is 17.2 Å². The summed E-state index contributed by atoms with van der Waals surface area (Å²) in [6, 6.07) is 4.59. The van der Waals surface area contributed by atoms with E-state index in [1.165, 1.54) is 13.2 Å². The predicted octanol–water partition coefficient (Wildman–Crippen LogP) is 2.95. The molecule has 18 heavy (non-hydrogen) atoms. The molecule has 0 aromatic heterocycles. The van der Waals surface area contributed by atoms with Gasteiger partial charge >= 0.3 is 5.97 Å². The highest BCUT2D eigenvalue weighted by molar-refractivity contribution is 5.95. The van der Waals surface area contributed by atoms with Crippen LogP contribution in [0.2, 0.25) is 0 Å². The van der Waals surface area contributed by atoms with E-state index in [1.807, 2.05) is 0 Å². The predicted molar refractivity (Wildman–Crippen MR) is 66.3 cm³/mol. The molecule has 5 nitrogen and oxygen atoms in total. The maximum absolute atomic E-state index is 11.6. The molecule has 0 atom stereocenters. The standard InChI is InChI=1S/C13H13NO4/c1-18-13(15)11-8-10(9-4-2-3-5-9)6-7-12(11)14(16)17/h4,6-8H,2-3,5H2,1H3. The molecule has 0 bridgehead atoms. The molecule has 0 saturated heterocycles. The van der Waals surface area contributed by atoms with Crippen LogP contribution in [0.15, 0.2) is 24.3 Å². The summed E-state index contributed by atoms with van der Waals surface area (Å²) in [6.07, 6.45) is 5.14. The number of nitrogens with zero attached hydrogens (tertiary/aromatic N) is 1. The lowest BCUT2D eigenvalue weighted by Gasteiger charge is -2.06. The zero-order valence-electron chi connectivity index (χ0n) is 10.0. The van der Waals surface area contributed by atoms with Crippen LogP contribution in [0.4, 0.5) is 5.69 Å². The second-order valence-corrected chi connectivity index (χ2v) is 4.10. The molecule has 1 aliphatic carbocycles. The minimum Gasteiger partial charge on any atom is -0.465 e. The summed E-state index contributed by atoms with van der Waals surface area (Å²) in [7, 11) is 1.22. The monoisotopic (exact) mass is 247 g/mol. The zero-order chi connectivity index (χ0) is 13.1. The van der Waals surface area contributed by atoms with Crippen molar-refractivity contribution < 1.29 is 14.5 Å². The number of ether oxygens (including phenoxy) is 1. The molecule has 1 aliphatic rings. The molecule has 1 aromatic carbocycles. The summed E-state index contributed by atoms with van der Waals surface area (Å²) in [5, 5.41) is 10.9. The van der Waals surface area contributed by atoms with Crippen molar-refractivity contribution in [2.24, 2.45) is 0 Å². The fraction of sp³-hybridized carbons (Fsp3) is 0.308. The first-order valence-electron chi connectivity index (χ1n) is 5.69. The Hall–Kier alpha value is -2.17. The van der Waals surface area contributed by atoms with Gasteiger partial charge in [-0.2, -0.15) is 0 Å². The Morgan fingerprint density at radius 1 is 1.44 bits per heavy atom. The molecular formula is C13H13NO4. The van der Waals surface area contributed by atoms with E-state index in [-0.39, 0.29) is 11.3 Å². The van der Waals surface area contributed by atoms with Crippen molar-refractivity contribution in [2.75, 3.05) is 7.11 Å². The molecule has 5 heteroatoms. The van der Waals surface area contributed by atoms with Crippen LogP contribution in [-0.4, -0.2) is 18.0 Å². The number of methoxy groups -OCH3 is 1. The normalized spacial score (nSPS) is 14.2. The Bertz CT molecular complexity index is 534. The lowest BCUT2D eigenvalue weighted by atomic mass is 10.0. The first-order valence-corrected chi connectivity index (χ1v) is 5.69. The Kier molecular flexibility index (Phi) is 3.41. The molecule has 0 N–H and O–H groups in total. The quantitative estimate of drug-likeness (QED) is 0.467. The van der Waals surface area contributed by atoms with Gasteiger partial charge in [-0.05, 0) is 42.5 Å². The van der Waals surface area contributed by atoms with Gasteiger partial charge in [0.2, 0.25) is 0 Å². The molecule has 94 valence electrons. The number of nitro groups is 1. The van der Waals surface area contributed by atoms with E-state index in [4.69, 9.17) is 0 Å². The number of carbonyl (C=O) groups is 1. The van der Waals surface area contributed by atoms with Crippen molar-refractivity contribution in [3.05, 3.63) is 45.5 Å². The minimum absolute atomic E-state index is 0.00722. The Morgan fingerprint density at radius 3 is 2.78 bits per heavy atom. The van der Waals surface area contributed by atoms with Crippen LogP contribution >= 0.6 is 0 Å². The van der Waals surface area contributed by atoms with Gasteiger partial charge in [0, 0.05) is 6.07 Å². The molecule has 0 heterocycles. The molecule has 0 unspecified atom stereocenters. The van der Waals surface area contributed by atoms with Crippen molar-refractivity contribution in [2.45, 2.75) is 19.3 Å². The molecule has 0 fully saturated rings. The molecule has 0 saturated carbocycles. The van der Waals surface area contributed by atoms with Gasteiger partial charge in [-0.15, -0.1) is 0 Å². The largest absolute Gasteiger partial charge is 0.465 e. The van der Waals surface area contributed by atoms with E-state index in [9.17, 15) is 14.9 Å². The summed E-state index contributed by atoms with van der Waals surface area (Å²) >= 11 is 0. The first-order chi connectivity index (χ1) is 8.63. The van der Waals surface area contributed by atoms with Gasteiger partial charge in [0.25, 0.3) is 5.69 Å². The summed E-state index contributed by atoms with van der Waals surface area (Å²) in [6.45, 7) is 0. The maximum Gasteiger partial charge on any atom is 0.344 e. The molecule has 0 spiro atoms. The minimum atomic E-state index is -0.679. The number of nitro benzene ring substituents is 1. The van der Waals surface area contributed by atoms with Crippen LogP contribution in [0.5, 0.6) is 0 Å². The summed E-state index contributed by atoms with van der Waals surface area (Å²) in [5.41, 5.74) is 1.78. The van der Waals surface area contributed by atoms with E-state index in [2.05, 4.69) is 10.8 Å². The third-order valence-corrected chi connectivity index (χ3v) is 3.01. The number of esters is 1. The smallest absolute Gasteiger partial charge is 0.344 e. The Labute approximate surface area is 104 Å². The van der Waals surface area contributed by atoms with E-state index in [0.29, 0.717) is 0 Å². The second-order valence-electron chi connectivity index (χ2n) is 4.10. The number of carbonyl (C=O) groups excluding carboxylic acids is 1. The third kappa shape index (κ3) is 2.25. The highest BCUT2D eigenvalue weighted by atomic mass is 16.6. The van der Waals surface area contributed by atoms with Gasteiger partial charge in [-0.25, -0.2) is 4.79 Å². The fourth-order valence-corrected chi connectivity index (χ4v) is 2.10. The number of hydrogen-bond acceptors (Lipinski definition) is 4. The molecular weight excluding hydrogens is 234 g/mol. The summed E-state index contributed by atoms with van der Waals surface area (Å²) in [5.74, 6) is -0.679. The van der Waals surface area contributed by atoms with Crippen LogP contribution in [0.1, 0.15) is 35.2 Å². The van der Waals surface area contributed by atoms with Crippen LogP contribution in [0.25, 0.3) is 5.57 Å². The average molecular weight is 247 g/mol. The molecule has 1 aromatic rings. The van der Waals surface area contributed by atoms with E-state index < -0.39 is 10.9 Å². The number of allylic oxidation sites excluding steroid dienone is 2. The molecule has 0 aliphatic heterocycles. The van der Waals surface area contributed by atoms with Crippen molar-refractivity contribution in [1.29, 1.82) is 0 Å². The first kappa shape index (κ1) is 12.3. The van der Waals surface area contributed by atoms with Gasteiger partial charge in [0.05, 0.1) is 12.0 Å². The highest BCUT2D eigenvalue weighted by Gasteiger charge is 2.22. The van der Waals surface area contributed by atoms with Crippen molar-refractivity contribution in [3.63, 3.8) is 0 Å². The third-order valence-electron chi connectivity index (χ3n) is 3.01. The highest BCUT2D eigenvalue weighted by Crippen LogP contribution is 2.30. The van der Waals surface area contributed by atoms with Gasteiger partial charge in [-0.3, -0.25) is 10.1 Å². The van der Waals surface area contributed by atoms with Crippen LogP contribution < -0.4 is 0 Å². The number of rotatable bonds is 3. The van der Waals surface area contributed by atoms with Crippen molar-refractivity contribution in [3.8, 4) is 0 Å². The molecule has 2 rings (SSSR count). The van der Waals surface area contributed by atoms with Gasteiger partial charge in [0.1, 0.15) is 5.56 Å². The fourth-order valence-electron chi connectivity index (χ4n) is 2.10. The van der Waals surface area contributed by atoms with Crippen LogP contribution in [0.3, 0.4) is 0 Å². The Morgan fingerprint density at radius 2 is 2.22 bits per heavy atom. The number of benzene rings is 1. The van der Waals surface area contributed by atoms with Crippen LogP contribution in [0, 0.1) is 10.1 Å². The van der Waals surface area contributed by atoms with Crippen molar-refractivity contribution in [1.82, 2.24) is 0 Å². The van der Waals surface area contributed by atoms with E-state index in [1.54, 1.807) is 12.1 Å². The van der Waals surface area contributed by atoms with Crippen LogP contribution in [-0.2, 0) is 4.74 Å². The average Bonchev–Trinajstić information content (AvgIpc) is 2.90. The van der Waals surface area contributed by atoms with Gasteiger partial charge < -0.3 is 4.74 Å². The second kappa shape index (κ2) is 5.00. The lowest BCUT2D eigenvalue weighted by molar-refractivity contribution is -0.385. The summed E-state index contributed by atoms with van der Waals surface area (Å²) < 4.78 is 4.58. The molecule has 0 amide bonds. The topological polar surface area (TPSA) is 69.4 Å². The SMILES string of the molecule is COC(=O)c1cc(C2=CCCC2)ccc1[N+](=O)[O-]. The summed E-state index contributed by atoms with van der Waals surface area (Å²) in [4.78, 5) is 21.8. The molecule has 0 radical (unpaired) electrons. The van der Waals surface area contributed by atoms with E-state index in [0.717, 1.165) is 30.4 Å². The van der Waals surface area contributed by atoms with Gasteiger partial charge in [-0.1, -0.05) is 6.08 Å². The zero-order valence-corrected chi connectivity index (χ0v) is 10.0.